The van der Waals surface area contributed by atoms with E-state index in [2.05, 4.69) is 9.71 Å². The quantitative estimate of drug-likeness (QED) is 0.771. The van der Waals surface area contributed by atoms with Crippen molar-refractivity contribution in [2.75, 3.05) is 12.3 Å². The summed E-state index contributed by atoms with van der Waals surface area (Å²) in [5.41, 5.74) is -0.00153. The van der Waals surface area contributed by atoms with Gasteiger partial charge in [0.2, 0.25) is 10.0 Å². The monoisotopic (exact) mass is 264 g/mol. The van der Waals surface area contributed by atoms with E-state index in [1.54, 1.807) is 6.92 Å². The highest BCUT2D eigenvalue weighted by Crippen LogP contribution is 2.09. The summed E-state index contributed by atoms with van der Waals surface area (Å²) in [5.74, 6) is -1.04. The standard InChI is InChI=1S/C8H12N2O4S2/c1-2-16(13,14)9-4-3-7-10-6(5-15-7)8(11)12/h5,9H,2-4H2,1H3,(H,11,12). The molecular weight excluding hydrogens is 252 g/mol. The molecule has 2 N–H and O–H groups in total. The third-order valence-corrected chi connectivity index (χ3v) is 4.12. The lowest BCUT2D eigenvalue weighted by Crippen LogP contribution is -2.27. The van der Waals surface area contributed by atoms with Crippen molar-refractivity contribution in [1.82, 2.24) is 9.71 Å². The predicted molar refractivity (Wildman–Crippen MR) is 60.2 cm³/mol. The van der Waals surface area contributed by atoms with Gasteiger partial charge >= 0.3 is 5.97 Å². The molecule has 1 heterocycles. The van der Waals surface area contributed by atoms with Crippen molar-refractivity contribution in [2.45, 2.75) is 13.3 Å². The normalized spacial score (nSPS) is 11.6. The smallest absolute Gasteiger partial charge is 0.355 e. The summed E-state index contributed by atoms with van der Waals surface area (Å²) in [6.07, 6.45) is 0.400. The minimum Gasteiger partial charge on any atom is -0.476 e. The van der Waals surface area contributed by atoms with Gasteiger partial charge in [-0.05, 0) is 6.92 Å². The van der Waals surface area contributed by atoms with Crippen LogP contribution in [0.25, 0.3) is 0 Å². The van der Waals surface area contributed by atoms with E-state index in [1.165, 1.54) is 16.7 Å². The first-order valence-electron chi connectivity index (χ1n) is 4.59. The second-order valence-electron chi connectivity index (χ2n) is 2.98. The largest absolute Gasteiger partial charge is 0.476 e. The van der Waals surface area contributed by atoms with Crippen molar-refractivity contribution in [3.8, 4) is 0 Å². The number of hydrogen-bond donors (Lipinski definition) is 2. The van der Waals surface area contributed by atoms with Crippen molar-refractivity contribution in [2.24, 2.45) is 0 Å². The van der Waals surface area contributed by atoms with Crippen LogP contribution in [0.15, 0.2) is 5.38 Å². The number of sulfonamides is 1. The zero-order valence-corrected chi connectivity index (χ0v) is 10.3. The Bertz CT molecular complexity index is 466. The topological polar surface area (TPSA) is 96.4 Å². The maximum absolute atomic E-state index is 11.1. The first-order chi connectivity index (χ1) is 7.44. The van der Waals surface area contributed by atoms with Crippen LogP contribution in [0.2, 0.25) is 0 Å². The van der Waals surface area contributed by atoms with Gasteiger partial charge in [-0.15, -0.1) is 11.3 Å². The molecular formula is C8H12N2O4S2. The number of nitrogens with zero attached hydrogens (tertiary/aromatic N) is 1. The van der Waals surface area contributed by atoms with Crippen LogP contribution in [0.3, 0.4) is 0 Å². The van der Waals surface area contributed by atoms with Crippen LogP contribution in [0.5, 0.6) is 0 Å². The number of rotatable bonds is 6. The van der Waals surface area contributed by atoms with E-state index in [1.807, 2.05) is 0 Å². The van der Waals surface area contributed by atoms with Gasteiger partial charge in [0.05, 0.1) is 10.8 Å². The molecule has 0 fully saturated rings. The number of nitrogens with one attached hydrogen (secondary N) is 1. The van der Waals surface area contributed by atoms with E-state index < -0.39 is 16.0 Å². The first-order valence-corrected chi connectivity index (χ1v) is 7.13. The molecule has 1 aromatic rings. The van der Waals surface area contributed by atoms with E-state index in [0.29, 0.717) is 11.4 Å². The molecule has 0 aliphatic carbocycles. The van der Waals surface area contributed by atoms with Crippen molar-refractivity contribution in [3.05, 3.63) is 16.1 Å². The Morgan fingerprint density at radius 1 is 1.62 bits per heavy atom. The summed E-state index contributed by atoms with van der Waals surface area (Å²) in [6, 6.07) is 0. The Balaban J connectivity index is 2.46. The van der Waals surface area contributed by atoms with Crippen LogP contribution in [-0.4, -0.2) is 36.8 Å². The predicted octanol–water partition coefficient (Wildman–Crippen LogP) is 0.323. The van der Waals surface area contributed by atoms with E-state index in [9.17, 15) is 13.2 Å². The maximum Gasteiger partial charge on any atom is 0.355 e. The molecule has 0 spiro atoms. The van der Waals surface area contributed by atoms with E-state index in [4.69, 9.17) is 5.11 Å². The Morgan fingerprint density at radius 2 is 2.31 bits per heavy atom. The molecule has 0 aromatic carbocycles. The van der Waals surface area contributed by atoms with Gasteiger partial charge in [-0.3, -0.25) is 0 Å². The molecule has 0 radical (unpaired) electrons. The molecule has 0 aliphatic heterocycles. The molecule has 1 rings (SSSR count). The van der Waals surface area contributed by atoms with Gasteiger partial charge < -0.3 is 5.11 Å². The summed E-state index contributed by atoms with van der Waals surface area (Å²) < 4.78 is 24.5. The summed E-state index contributed by atoms with van der Waals surface area (Å²) in [6.45, 7) is 1.79. The molecule has 16 heavy (non-hydrogen) atoms. The van der Waals surface area contributed by atoms with E-state index in [-0.39, 0.29) is 18.0 Å². The number of carbonyl (C=O) groups is 1. The molecule has 0 aliphatic rings. The molecule has 0 saturated carbocycles. The summed E-state index contributed by atoms with van der Waals surface area (Å²) >= 11 is 1.21. The van der Waals surface area contributed by atoms with Crippen molar-refractivity contribution >= 4 is 27.3 Å². The van der Waals surface area contributed by atoms with Gasteiger partial charge in [-0.25, -0.2) is 22.9 Å². The third kappa shape index (κ3) is 3.87. The number of aromatic nitrogens is 1. The highest BCUT2D eigenvalue weighted by atomic mass is 32.2. The first kappa shape index (κ1) is 13.1. The van der Waals surface area contributed by atoms with Gasteiger partial charge in [-0.2, -0.15) is 0 Å². The molecule has 8 heteroatoms. The van der Waals surface area contributed by atoms with E-state index >= 15 is 0 Å². The third-order valence-electron chi connectivity index (χ3n) is 1.81. The molecule has 90 valence electrons. The summed E-state index contributed by atoms with van der Waals surface area (Å²) in [4.78, 5) is 14.4. The molecule has 0 unspecified atom stereocenters. The maximum atomic E-state index is 11.1. The number of hydrogen-bond acceptors (Lipinski definition) is 5. The van der Waals surface area contributed by atoms with Crippen molar-refractivity contribution in [3.63, 3.8) is 0 Å². The Kier molecular flexibility index (Phi) is 4.39. The average molecular weight is 264 g/mol. The molecule has 1 aromatic heterocycles. The number of thiazole rings is 1. The van der Waals surface area contributed by atoms with E-state index in [0.717, 1.165) is 0 Å². The molecule has 0 bridgehead atoms. The highest BCUT2D eigenvalue weighted by Gasteiger charge is 2.10. The zero-order valence-electron chi connectivity index (χ0n) is 8.63. The minimum absolute atomic E-state index is 0.00153. The van der Waals surface area contributed by atoms with Crippen molar-refractivity contribution in [1.29, 1.82) is 0 Å². The molecule has 0 atom stereocenters. The SMILES string of the molecule is CCS(=O)(=O)NCCc1nc(C(=O)O)cs1. The van der Waals surface area contributed by atoms with Crippen LogP contribution in [0.4, 0.5) is 0 Å². The number of carboxylic acid groups (broad SMARTS) is 1. The fourth-order valence-electron chi connectivity index (χ4n) is 0.939. The van der Waals surface area contributed by atoms with Gasteiger partial charge in [0.15, 0.2) is 5.69 Å². The fraction of sp³-hybridized carbons (Fsp3) is 0.500. The number of carboxylic acids is 1. The van der Waals surface area contributed by atoms with Crippen molar-refractivity contribution < 1.29 is 18.3 Å². The fourth-order valence-corrected chi connectivity index (χ4v) is 2.33. The second-order valence-corrected chi connectivity index (χ2v) is 6.02. The van der Waals surface area contributed by atoms with Gasteiger partial charge in [0.1, 0.15) is 0 Å². The second kappa shape index (κ2) is 5.37. The van der Waals surface area contributed by atoms with Crippen LogP contribution in [0.1, 0.15) is 22.4 Å². The van der Waals surface area contributed by atoms with Gasteiger partial charge in [-0.1, -0.05) is 0 Å². The van der Waals surface area contributed by atoms with Crippen LogP contribution < -0.4 is 4.72 Å². The van der Waals surface area contributed by atoms with Crippen LogP contribution in [-0.2, 0) is 16.4 Å². The molecule has 0 amide bonds. The zero-order chi connectivity index (χ0) is 12.2. The average Bonchev–Trinajstić information content (AvgIpc) is 2.66. The highest BCUT2D eigenvalue weighted by molar-refractivity contribution is 7.89. The Labute approximate surface area is 97.4 Å². The van der Waals surface area contributed by atoms with Gasteiger partial charge in [0.25, 0.3) is 0 Å². The van der Waals surface area contributed by atoms with Crippen LogP contribution >= 0.6 is 11.3 Å². The summed E-state index contributed by atoms with van der Waals surface area (Å²) in [7, 11) is -3.19. The lowest BCUT2D eigenvalue weighted by molar-refractivity contribution is 0.0691. The van der Waals surface area contributed by atoms with Gasteiger partial charge in [0, 0.05) is 18.3 Å². The van der Waals surface area contributed by atoms with Crippen LogP contribution in [0, 0.1) is 0 Å². The molecule has 0 saturated heterocycles. The minimum atomic E-state index is -3.19. The lowest BCUT2D eigenvalue weighted by Gasteiger charge is -2.01. The Hall–Kier alpha value is -0.990. The lowest BCUT2D eigenvalue weighted by atomic mass is 10.4. The Morgan fingerprint density at radius 3 is 2.81 bits per heavy atom. The number of aromatic carboxylic acids is 1. The molecule has 6 nitrogen and oxygen atoms in total. The summed E-state index contributed by atoms with van der Waals surface area (Å²) in [5, 5.41) is 10.7.